The highest BCUT2D eigenvalue weighted by atomic mass is 32.1. The number of carbonyl (C=O) groups is 1. The molecule has 0 aromatic rings. The second-order valence-electron chi connectivity index (χ2n) is 5.16. The predicted octanol–water partition coefficient (Wildman–Crippen LogP) is 2.49. The molecule has 3 nitrogen and oxygen atoms in total. The fourth-order valence-corrected chi connectivity index (χ4v) is 1.35. The van der Waals surface area contributed by atoms with E-state index < -0.39 is 0 Å². The van der Waals surface area contributed by atoms with Crippen molar-refractivity contribution in [2.45, 2.75) is 47.0 Å². The molecule has 0 aliphatic rings. The first-order valence-electron chi connectivity index (χ1n) is 5.65. The molecule has 0 unspecified atom stereocenters. The summed E-state index contributed by atoms with van der Waals surface area (Å²) in [6, 6.07) is 0. The van der Waals surface area contributed by atoms with E-state index in [-0.39, 0.29) is 37.4 Å². The number of esters is 1. The smallest absolute Gasteiger partial charge is 0.306 e. The first-order valence-corrected chi connectivity index (χ1v) is 5.65. The van der Waals surface area contributed by atoms with E-state index in [1.807, 2.05) is 0 Å². The zero-order valence-electron chi connectivity index (χ0n) is 10.9. The lowest BCUT2D eigenvalue weighted by Crippen LogP contribution is -2.17. The van der Waals surface area contributed by atoms with Crippen LogP contribution in [0, 0.1) is 11.3 Å². The lowest BCUT2D eigenvalue weighted by molar-refractivity contribution is -0.144. The first kappa shape index (κ1) is 18.2. The molecule has 0 aromatic carbocycles. The van der Waals surface area contributed by atoms with Gasteiger partial charge >= 0.3 is 5.97 Å². The van der Waals surface area contributed by atoms with Crippen molar-refractivity contribution < 1.29 is 14.6 Å². The van der Waals surface area contributed by atoms with Crippen LogP contribution >= 0.6 is 13.5 Å². The Morgan fingerprint density at radius 2 is 1.94 bits per heavy atom. The molecular weight excluding hydrogens is 224 g/mol. The van der Waals surface area contributed by atoms with Crippen LogP contribution in [0.2, 0.25) is 0 Å². The van der Waals surface area contributed by atoms with Gasteiger partial charge in [-0.15, -0.1) is 0 Å². The minimum atomic E-state index is -0.203. The number of hydrogen-bond donors (Lipinski definition) is 1. The van der Waals surface area contributed by atoms with E-state index in [4.69, 9.17) is 9.84 Å². The standard InChI is InChI=1S/C12H24O3.H2S/c1-5-15-11(14)8-10(9-13)6-7-12(2,3)4;/h10,13H,5-9H2,1-4H3;1H2/t10-;/m1./s1. The van der Waals surface area contributed by atoms with Crippen molar-refractivity contribution >= 4 is 19.5 Å². The van der Waals surface area contributed by atoms with Gasteiger partial charge in [0.1, 0.15) is 0 Å². The van der Waals surface area contributed by atoms with E-state index >= 15 is 0 Å². The maximum Gasteiger partial charge on any atom is 0.306 e. The summed E-state index contributed by atoms with van der Waals surface area (Å²) in [5.41, 5.74) is 0.252. The quantitative estimate of drug-likeness (QED) is 0.737. The van der Waals surface area contributed by atoms with Gasteiger partial charge in [-0.1, -0.05) is 20.8 Å². The average Bonchev–Trinajstić information content (AvgIpc) is 2.11. The van der Waals surface area contributed by atoms with E-state index in [2.05, 4.69) is 20.8 Å². The van der Waals surface area contributed by atoms with Gasteiger partial charge in [-0.2, -0.15) is 13.5 Å². The van der Waals surface area contributed by atoms with Gasteiger partial charge in [0.05, 0.1) is 13.0 Å². The van der Waals surface area contributed by atoms with Gasteiger partial charge < -0.3 is 9.84 Å². The zero-order valence-corrected chi connectivity index (χ0v) is 11.9. The minimum absolute atomic E-state index is 0. The Morgan fingerprint density at radius 1 is 1.38 bits per heavy atom. The second kappa shape index (κ2) is 8.88. The molecule has 16 heavy (non-hydrogen) atoms. The fraction of sp³-hybridized carbons (Fsp3) is 0.917. The summed E-state index contributed by atoms with van der Waals surface area (Å²) in [7, 11) is 0. The number of aliphatic hydroxyl groups excluding tert-OH is 1. The van der Waals surface area contributed by atoms with Crippen LogP contribution in [0.1, 0.15) is 47.0 Å². The predicted molar refractivity (Wildman–Crippen MR) is 70.9 cm³/mol. The van der Waals surface area contributed by atoms with E-state index in [1.54, 1.807) is 6.92 Å². The number of rotatable bonds is 6. The summed E-state index contributed by atoms with van der Waals surface area (Å²) in [6.45, 7) is 8.75. The van der Waals surface area contributed by atoms with Crippen LogP contribution in [-0.2, 0) is 9.53 Å². The van der Waals surface area contributed by atoms with Crippen molar-refractivity contribution in [1.29, 1.82) is 0 Å². The molecule has 0 spiro atoms. The third kappa shape index (κ3) is 10.3. The average molecular weight is 250 g/mol. The lowest BCUT2D eigenvalue weighted by Gasteiger charge is -2.21. The molecule has 0 aliphatic heterocycles. The molecule has 4 heteroatoms. The van der Waals surface area contributed by atoms with Crippen LogP contribution < -0.4 is 0 Å². The number of hydrogen-bond acceptors (Lipinski definition) is 3. The Labute approximate surface area is 106 Å². The van der Waals surface area contributed by atoms with Gasteiger partial charge in [-0.05, 0) is 31.1 Å². The summed E-state index contributed by atoms with van der Waals surface area (Å²) in [4.78, 5) is 11.2. The van der Waals surface area contributed by atoms with Crippen LogP contribution in [0.5, 0.6) is 0 Å². The fourth-order valence-electron chi connectivity index (χ4n) is 1.35. The van der Waals surface area contributed by atoms with Crippen LogP contribution in [0.4, 0.5) is 0 Å². The lowest BCUT2D eigenvalue weighted by atomic mass is 9.86. The third-order valence-electron chi connectivity index (χ3n) is 2.32. The monoisotopic (exact) mass is 250 g/mol. The van der Waals surface area contributed by atoms with Crippen LogP contribution in [-0.4, -0.2) is 24.3 Å². The molecule has 0 saturated carbocycles. The van der Waals surface area contributed by atoms with Gasteiger partial charge in [0.15, 0.2) is 0 Å². The largest absolute Gasteiger partial charge is 0.466 e. The zero-order chi connectivity index (χ0) is 11.9. The van der Waals surface area contributed by atoms with E-state index in [0.717, 1.165) is 12.8 Å². The van der Waals surface area contributed by atoms with E-state index in [1.165, 1.54) is 0 Å². The first-order chi connectivity index (χ1) is 6.89. The maximum absolute atomic E-state index is 11.2. The number of aliphatic hydroxyl groups is 1. The Morgan fingerprint density at radius 3 is 2.31 bits per heavy atom. The van der Waals surface area contributed by atoms with Crippen LogP contribution in [0.3, 0.4) is 0 Å². The Hall–Kier alpha value is -0.220. The minimum Gasteiger partial charge on any atom is -0.466 e. The molecule has 0 heterocycles. The van der Waals surface area contributed by atoms with E-state index in [9.17, 15) is 4.79 Å². The Bertz CT molecular complexity index is 187. The van der Waals surface area contributed by atoms with E-state index in [0.29, 0.717) is 13.0 Å². The van der Waals surface area contributed by atoms with Crippen molar-refractivity contribution in [3.8, 4) is 0 Å². The Balaban J connectivity index is 0. The summed E-state index contributed by atoms with van der Waals surface area (Å²) < 4.78 is 4.86. The van der Waals surface area contributed by atoms with Gasteiger partial charge in [0, 0.05) is 6.61 Å². The topological polar surface area (TPSA) is 46.5 Å². The normalized spacial score (nSPS) is 12.8. The van der Waals surface area contributed by atoms with Crippen LogP contribution in [0.15, 0.2) is 0 Å². The van der Waals surface area contributed by atoms with Gasteiger partial charge in [0.2, 0.25) is 0 Å². The number of carbonyl (C=O) groups excluding carboxylic acids is 1. The highest BCUT2D eigenvalue weighted by Gasteiger charge is 2.17. The summed E-state index contributed by atoms with van der Waals surface area (Å²) in [5.74, 6) is -0.159. The maximum atomic E-state index is 11.2. The Kier molecular flexibility index (Phi) is 10.1. The molecule has 1 atom stereocenters. The molecule has 0 amide bonds. The molecule has 0 aliphatic carbocycles. The van der Waals surface area contributed by atoms with Gasteiger partial charge in [-0.25, -0.2) is 0 Å². The van der Waals surface area contributed by atoms with Crippen molar-refractivity contribution in [2.24, 2.45) is 11.3 Å². The summed E-state index contributed by atoms with van der Waals surface area (Å²) in [5, 5.41) is 9.13. The van der Waals surface area contributed by atoms with Crippen LogP contribution in [0.25, 0.3) is 0 Å². The van der Waals surface area contributed by atoms with Gasteiger partial charge in [-0.3, -0.25) is 4.79 Å². The molecule has 0 aromatic heterocycles. The summed E-state index contributed by atoms with van der Waals surface area (Å²) in [6.07, 6.45) is 2.22. The highest BCUT2D eigenvalue weighted by Crippen LogP contribution is 2.24. The molecule has 98 valence electrons. The number of ether oxygens (including phenoxy) is 1. The summed E-state index contributed by atoms with van der Waals surface area (Å²) >= 11 is 0. The van der Waals surface area contributed by atoms with Crippen molar-refractivity contribution in [1.82, 2.24) is 0 Å². The molecule has 0 fully saturated rings. The highest BCUT2D eigenvalue weighted by molar-refractivity contribution is 7.59. The molecule has 0 rings (SSSR count). The molecule has 0 bridgehead atoms. The molecule has 1 N–H and O–H groups in total. The van der Waals surface area contributed by atoms with Gasteiger partial charge in [0.25, 0.3) is 0 Å². The van der Waals surface area contributed by atoms with Crippen molar-refractivity contribution in [3.63, 3.8) is 0 Å². The van der Waals surface area contributed by atoms with Crippen molar-refractivity contribution in [3.05, 3.63) is 0 Å². The van der Waals surface area contributed by atoms with Crippen molar-refractivity contribution in [2.75, 3.05) is 13.2 Å². The molecular formula is C12H26O3S. The molecule has 0 saturated heterocycles. The second-order valence-corrected chi connectivity index (χ2v) is 5.16. The third-order valence-corrected chi connectivity index (χ3v) is 2.32. The molecule has 0 radical (unpaired) electrons. The SMILES string of the molecule is CCOC(=O)C[C@H](CO)CCC(C)(C)C.S.